The van der Waals surface area contributed by atoms with E-state index in [0.29, 0.717) is 4.90 Å². The van der Waals surface area contributed by atoms with Crippen LogP contribution in [0.5, 0.6) is 0 Å². The van der Waals surface area contributed by atoms with Crippen molar-refractivity contribution in [2.24, 2.45) is 10.9 Å². The minimum absolute atomic E-state index is 0.0371. The van der Waals surface area contributed by atoms with E-state index in [-0.39, 0.29) is 17.9 Å². The Hall–Kier alpha value is -2.89. The number of ether oxygens (including phenoxy) is 1. The molecule has 1 aromatic rings. The number of benzene rings is 1. The Labute approximate surface area is 141 Å². The first kappa shape index (κ1) is 18.4. The largest absolute Gasteiger partial charge is 0.449 e. The van der Waals surface area contributed by atoms with Crippen LogP contribution in [0.4, 0.5) is 22.8 Å². The van der Waals surface area contributed by atoms with Crippen molar-refractivity contribution in [3.8, 4) is 6.07 Å². The highest BCUT2D eigenvalue weighted by molar-refractivity contribution is 6.04. The molecule has 25 heavy (non-hydrogen) atoms. The molecule has 0 fully saturated rings. The van der Waals surface area contributed by atoms with E-state index < -0.39 is 35.8 Å². The Bertz CT molecular complexity index is 768. The maximum atomic E-state index is 13.4. The van der Waals surface area contributed by atoms with Crippen LogP contribution in [-0.4, -0.2) is 29.3 Å². The monoisotopic (exact) mass is 353 g/mol. The van der Waals surface area contributed by atoms with Crippen LogP contribution in [0, 0.1) is 17.2 Å². The first-order valence-corrected chi connectivity index (χ1v) is 7.33. The van der Waals surface area contributed by atoms with Gasteiger partial charge < -0.3 is 4.74 Å². The molecular weight excluding hydrogens is 339 g/mol. The van der Waals surface area contributed by atoms with Crippen molar-refractivity contribution < 1.29 is 27.5 Å². The first-order chi connectivity index (χ1) is 11.7. The lowest BCUT2D eigenvalue weighted by molar-refractivity contribution is -0.138. The quantitative estimate of drug-likeness (QED) is 0.806. The zero-order chi connectivity index (χ0) is 18.8. The number of alkyl halides is 3. The third-order valence-electron chi connectivity index (χ3n) is 3.71. The summed E-state index contributed by atoms with van der Waals surface area (Å²) < 4.78 is 44.9. The summed E-state index contributed by atoms with van der Waals surface area (Å²) in [6, 6.07) is 3.78. The maximum absolute atomic E-state index is 13.4. The number of urea groups is 1. The molecule has 0 aromatic heterocycles. The Morgan fingerprint density at radius 2 is 2.04 bits per heavy atom. The summed E-state index contributed by atoms with van der Waals surface area (Å²) in [5, 5.41) is 9.40. The lowest BCUT2D eigenvalue weighted by Crippen LogP contribution is -2.47. The van der Waals surface area contributed by atoms with Gasteiger partial charge in [0.05, 0.1) is 24.3 Å². The fourth-order valence-corrected chi connectivity index (χ4v) is 2.65. The molecular formula is C16H14F3N3O3. The van der Waals surface area contributed by atoms with Gasteiger partial charge in [0.25, 0.3) is 0 Å². The molecule has 9 heteroatoms. The third kappa shape index (κ3) is 3.47. The summed E-state index contributed by atoms with van der Waals surface area (Å²) in [6.45, 7) is 2.76. The molecule has 6 nitrogen and oxygen atoms in total. The molecule has 2 unspecified atom stereocenters. The standard InChI is InChI=1S/C16H14F3N3O3/c1-3-25-15(24)22-13(11(8-20)9(2)21-14(22)23)10-6-4-5-7-12(10)16(17,18)19/h4-7,11,13H,3H2,1-2H3. The van der Waals surface area contributed by atoms with E-state index >= 15 is 0 Å². The summed E-state index contributed by atoms with van der Waals surface area (Å²) in [6.07, 6.45) is -5.87. The fraction of sp³-hybridized carbons (Fsp3) is 0.375. The van der Waals surface area contributed by atoms with Gasteiger partial charge in [-0.15, -0.1) is 0 Å². The van der Waals surface area contributed by atoms with Gasteiger partial charge in [-0.3, -0.25) is 0 Å². The van der Waals surface area contributed by atoms with Crippen molar-refractivity contribution >= 4 is 17.8 Å². The molecule has 0 aliphatic carbocycles. The molecule has 2 rings (SSSR count). The summed E-state index contributed by atoms with van der Waals surface area (Å²) in [4.78, 5) is 28.4. The van der Waals surface area contributed by atoms with Gasteiger partial charge in [-0.25, -0.2) is 19.5 Å². The van der Waals surface area contributed by atoms with Crippen molar-refractivity contribution in [2.75, 3.05) is 6.61 Å². The second kappa shape index (κ2) is 6.93. The van der Waals surface area contributed by atoms with Gasteiger partial charge in [0.2, 0.25) is 0 Å². The van der Waals surface area contributed by atoms with E-state index in [9.17, 15) is 28.0 Å². The van der Waals surface area contributed by atoms with E-state index in [4.69, 9.17) is 4.74 Å². The minimum atomic E-state index is -4.72. The molecule has 0 spiro atoms. The van der Waals surface area contributed by atoms with Gasteiger partial charge in [-0.1, -0.05) is 18.2 Å². The summed E-state index contributed by atoms with van der Waals surface area (Å²) in [7, 11) is 0. The highest BCUT2D eigenvalue weighted by Crippen LogP contribution is 2.41. The third-order valence-corrected chi connectivity index (χ3v) is 3.71. The number of amides is 3. The fourth-order valence-electron chi connectivity index (χ4n) is 2.65. The van der Waals surface area contributed by atoms with E-state index in [0.717, 1.165) is 12.1 Å². The number of carbonyl (C=O) groups is 2. The normalized spacial score (nSPS) is 20.7. The van der Waals surface area contributed by atoms with Crippen LogP contribution < -0.4 is 0 Å². The number of rotatable bonds is 2. The van der Waals surface area contributed by atoms with Crippen LogP contribution in [-0.2, 0) is 10.9 Å². The van der Waals surface area contributed by atoms with Crippen molar-refractivity contribution in [1.82, 2.24) is 4.90 Å². The molecule has 0 N–H and O–H groups in total. The van der Waals surface area contributed by atoms with E-state index in [1.807, 2.05) is 6.07 Å². The zero-order valence-electron chi connectivity index (χ0n) is 13.4. The molecule has 3 amide bonds. The lowest BCUT2D eigenvalue weighted by atomic mass is 9.85. The van der Waals surface area contributed by atoms with Crippen LogP contribution in [0.15, 0.2) is 29.3 Å². The van der Waals surface area contributed by atoms with Gasteiger partial charge in [0.1, 0.15) is 5.92 Å². The number of nitrogens with zero attached hydrogens (tertiary/aromatic N) is 3. The van der Waals surface area contributed by atoms with E-state index in [1.165, 1.54) is 26.0 Å². The molecule has 0 radical (unpaired) electrons. The van der Waals surface area contributed by atoms with Crippen LogP contribution in [0.25, 0.3) is 0 Å². The second-order valence-corrected chi connectivity index (χ2v) is 5.24. The average Bonchev–Trinajstić information content (AvgIpc) is 2.53. The highest BCUT2D eigenvalue weighted by Gasteiger charge is 2.46. The summed E-state index contributed by atoms with van der Waals surface area (Å²) in [5.74, 6) is -1.22. The number of nitriles is 1. The smallest absolute Gasteiger partial charge is 0.418 e. The molecule has 1 aliphatic heterocycles. The van der Waals surface area contributed by atoms with E-state index in [2.05, 4.69) is 4.99 Å². The molecule has 1 aromatic carbocycles. The Balaban J connectivity index is 2.69. The van der Waals surface area contributed by atoms with Gasteiger partial charge in [-0.05, 0) is 25.5 Å². The minimum Gasteiger partial charge on any atom is -0.449 e. The summed E-state index contributed by atoms with van der Waals surface area (Å²) in [5.41, 5.74) is -1.36. The number of halogens is 3. The van der Waals surface area contributed by atoms with Crippen molar-refractivity contribution in [3.63, 3.8) is 0 Å². The SMILES string of the molecule is CCOC(=O)N1C(=O)N=C(C)C(C#N)C1c1ccccc1C(F)(F)F. The van der Waals surface area contributed by atoms with Crippen LogP contribution in [0.2, 0.25) is 0 Å². The maximum Gasteiger partial charge on any atom is 0.418 e. The predicted molar refractivity (Wildman–Crippen MR) is 80.7 cm³/mol. The number of carbonyl (C=O) groups excluding carboxylic acids is 2. The zero-order valence-corrected chi connectivity index (χ0v) is 13.4. The lowest BCUT2D eigenvalue weighted by Gasteiger charge is -2.35. The average molecular weight is 353 g/mol. The van der Waals surface area contributed by atoms with Crippen LogP contribution in [0.1, 0.15) is 31.0 Å². The van der Waals surface area contributed by atoms with Crippen LogP contribution in [0.3, 0.4) is 0 Å². The molecule has 132 valence electrons. The molecule has 1 aliphatic rings. The molecule has 0 saturated carbocycles. The Morgan fingerprint density at radius 3 is 2.60 bits per heavy atom. The number of aliphatic imine (C=N–C) groups is 1. The van der Waals surface area contributed by atoms with Crippen LogP contribution >= 0.6 is 0 Å². The predicted octanol–water partition coefficient (Wildman–Crippen LogP) is 3.94. The summed E-state index contributed by atoms with van der Waals surface area (Å²) >= 11 is 0. The van der Waals surface area contributed by atoms with Gasteiger partial charge >= 0.3 is 18.3 Å². The van der Waals surface area contributed by atoms with Gasteiger partial charge in [-0.2, -0.15) is 18.4 Å². The molecule has 0 saturated heterocycles. The number of imide groups is 1. The highest BCUT2D eigenvalue weighted by atomic mass is 19.4. The Kier molecular flexibility index (Phi) is 5.11. The topological polar surface area (TPSA) is 82.8 Å². The number of hydrogen-bond donors (Lipinski definition) is 0. The van der Waals surface area contributed by atoms with Gasteiger partial charge in [0, 0.05) is 5.71 Å². The molecule has 2 atom stereocenters. The van der Waals surface area contributed by atoms with Crippen molar-refractivity contribution in [2.45, 2.75) is 26.1 Å². The second-order valence-electron chi connectivity index (χ2n) is 5.24. The van der Waals surface area contributed by atoms with E-state index in [1.54, 1.807) is 0 Å². The van der Waals surface area contributed by atoms with Crippen molar-refractivity contribution in [3.05, 3.63) is 35.4 Å². The first-order valence-electron chi connectivity index (χ1n) is 7.33. The molecule has 0 bridgehead atoms. The van der Waals surface area contributed by atoms with Gasteiger partial charge in [0.15, 0.2) is 0 Å². The number of hydrogen-bond acceptors (Lipinski definition) is 4. The molecule has 1 heterocycles. The Morgan fingerprint density at radius 1 is 1.40 bits per heavy atom. The van der Waals surface area contributed by atoms with Crippen molar-refractivity contribution in [1.29, 1.82) is 5.26 Å².